The fourth-order valence-electron chi connectivity index (χ4n) is 2.07. The van der Waals surface area contributed by atoms with Crippen LogP contribution in [0, 0.1) is 13.8 Å². The highest BCUT2D eigenvalue weighted by molar-refractivity contribution is 7.13. The van der Waals surface area contributed by atoms with Crippen LogP contribution in [0.3, 0.4) is 0 Å². The molecule has 0 saturated heterocycles. The van der Waals surface area contributed by atoms with Crippen molar-refractivity contribution in [2.45, 2.75) is 27.3 Å². The second-order valence-corrected chi connectivity index (χ2v) is 5.59. The maximum atomic E-state index is 4.67. The van der Waals surface area contributed by atoms with Crippen LogP contribution in [-0.2, 0) is 6.54 Å². The molecule has 0 atom stereocenters. The number of rotatable bonds is 5. The van der Waals surface area contributed by atoms with Crippen LogP contribution < -0.4 is 10.2 Å². The number of aromatic nitrogens is 1. The standard InChI is InChI=1S/C15H21N3S/c1-5-16-9-13-10-19-15(17-13)18(4)14-7-6-11(2)8-12(14)3/h6-8,10,16H,5,9H2,1-4H3. The summed E-state index contributed by atoms with van der Waals surface area (Å²) in [6, 6.07) is 6.51. The fraction of sp³-hybridized carbons (Fsp3) is 0.400. The van der Waals surface area contributed by atoms with Gasteiger partial charge in [-0.1, -0.05) is 24.6 Å². The van der Waals surface area contributed by atoms with Crippen molar-refractivity contribution < 1.29 is 0 Å². The minimum absolute atomic E-state index is 0.841. The van der Waals surface area contributed by atoms with Crippen LogP contribution in [0.1, 0.15) is 23.7 Å². The van der Waals surface area contributed by atoms with Crippen LogP contribution >= 0.6 is 11.3 Å². The summed E-state index contributed by atoms with van der Waals surface area (Å²) >= 11 is 1.69. The van der Waals surface area contributed by atoms with Crippen molar-refractivity contribution in [3.05, 3.63) is 40.4 Å². The smallest absolute Gasteiger partial charge is 0.189 e. The van der Waals surface area contributed by atoms with Crippen molar-refractivity contribution in [1.82, 2.24) is 10.3 Å². The number of nitrogens with zero attached hydrogens (tertiary/aromatic N) is 2. The third kappa shape index (κ3) is 3.33. The zero-order valence-corrected chi connectivity index (χ0v) is 12.8. The lowest BCUT2D eigenvalue weighted by Gasteiger charge is -2.18. The van der Waals surface area contributed by atoms with Crippen molar-refractivity contribution in [3.63, 3.8) is 0 Å². The molecular weight excluding hydrogens is 254 g/mol. The molecule has 0 amide bonds. The van der Waals surface area contributed by atoms with E-state index in [1.54, 1.807) is 11.3 Å². The Morgan fingerprint density at radius 3 is 2.79 bits per heavy atom. The van der Waals surface area contributed by atoms with Crippen LogP contribution in [0.5, 0.6) is 0 Å². The zero-order chi connectivity index (χ0) is 13.8. The van der Waals surface area contributed by atoms with Crippen LogP contribution in [-0.4, -0.2) is 18.6 Å². The molecular formula is C15H21N3S. The lowest BCUT2D eigenvalue weighted by molar-refractivity contribution is 0.714. The third-order valence-electron chi connectivity index (χ3n) is 3.10. The highest BCUT2D eigenvalue weighted by Gasteiger charge is 2.11. The first-order valence-electron chi connectivity index (χ1n) is 6.58. The molecule has 1 heterocycles. The number of anilines is 2. The Morgan fingerprint density at radius 1 is 1.32 bits per heavy atom. The van der Waals surface area contributed by atoms with E-state index in [-0.39, 0.29) is 0 Å². The summed E-state index contributed by atoms with van der Waals surface area (Å²) in [6.07, 6.45) is 0. The largest absolute Gasteiger partial charge is 0.321 e. The molecule has 0 saturated carbocycles. The van der Waals surface area contributed by atoms with Gasteiger partial charge in [0.15, 0.2) is 5.13 Å². The normalized spacial score (nSPS) is 10.7. The fourth-order valence-corrected chi connectivity index (χ4v) is 2.87. The number of hydrogen-bond acceptors (Lipinski definition) is 4. The maximum Gasteiger partial charge on any atom is 0.189 e. The molecule has 4 heteroatoms. The monoisotopic (exact) mass is 275 g/mol. The summed E-state index contributed by atoms with van der Waals surface area (Å²) in [5, 5.41) is 6.47. The van der Waals surface area contributed by atoms with Gasteiger partial charge in [0.1, 0.15) is 0 Å². The highest BCUT2D eigenvalue weighted by atomic mass is 32.1. The van der Waals surface area contributed by atoms with E-state index in [2.05, 4.69) is 66.6 Å². The van der Waals surface area contributed by atoms with Gasteiger partial charge in [-0.05, 0) is 32.0 Å². The molecule has 1 N–H and O–H groups in total. The lowest BCUT2D eigenvalue weighted by Crippen LogP contribution is -2.13. The van der Waals surface area contributed by atoms with Gasteiger partial charge in [0.2, 0.25) is 0 Å². The summed E-state index contributed by atoms with van der Waals surface area (Å²) in [4.78, 5) is 6.83. The van der Waals surface area contributed by atoms with Crippen molar-refractivity contribution in [2.24, 2.45) is 0 Å². The third-order valence-corrected chi connectivity index (χ3v) is 4.06. The molecule has 0 unspecified atom stereocenters. The molecule has 0 spiro atoms. The van der Waals surface area contributed by atoms with Crippen molar-refractivity contribution in [1.29, 1.82) is 0 Å². The Kier molecular flexibility index (Phi) is 4.56. The number of hydrogen-bond donors (Lipinski definition) is 1. The average Bonchev–Trinajstić information content (AvgIpc) is 2.84. The first kappa shape index (κ1) is 14.0. The summed E-state index contributed by atoms with van der Waals surface area (Å²) in [5.41, 5.74) is 4.90. The molecule has 3 nitrogen and oxygen atoms in total. The van der Waals surface area contributed by atoms with E-state index in [1.165, 1.54) is 16.8 Å². The van der Waals surface area contributed by atoms with Crippen molar-refractivity contribution >= 4 is 22.2 Å². The molecule has 0 aliphatic heterocycles. The first-order chi connectivity index (χ1) is 9.11. The Labute approximate surface area is 119 Å². The van der Waals surface area contributed by atoms with Gasteiger partial charge in [-0.25, -0.2) is 4.98 Å². The van der Waals surface area contributed by atoms with Gasteiger partial charge in [-0.15, -0.1) is 11.3 Å². The van der Waals surface area contributed by atoms with E-state index in [1.807, 2.05) is 0 Å². The number of benzene rings is 1. The molecule has 2 aromatic rings. The predicted octanol–water partition coefficient (Wildman–Crippen LogP) is 3.64. The van der Waals surface area contributed by atoms with Crippen molar-refractivity contribution in [2.75, 3.05) is 18.5 Å². The lowest BCUT2D eigenvalue weighted by atomic mass is 10.1. The Balaban J connectivity index is 2.18. The van der Waals surface area contributed by atoms with Gasteiger partial charge in [-0.2, -0.15) is 0 Å². The summed E-state index contributed by atoms with van der Waals surface area (Å²) < 4.78 is 0. The molecule has 0 aliphatic rings. The second kappa shape index (κ2) is 6.17. The van der Waals surface area contributed by atoms with Gasteiger partial charge in [0.25, 0.3) is 0 Å². The number of thiazole rings is 1. The summed E-state index contributed by atoms with van der Waals surface area (Å²) in [7, 11) is 2.08. The van der Waals surface area contributed by atoms with Crippen LogP contribution in [0.25, 0.3) is 0 Å². The van der Waals surface area contributed by atoms with Crippen molar-refractivity contribution in [3.8, 4) is 0 Å². The number of nitrogens with one attached hydrogen (secondary N) is 1. The molecule has 0 fully saturated rings. The highest BCUT2D eigenvalue weighted by Crippen LogP contribution is 2.29. The van der Waals surface area contributed by atoms with Gasteiger partial charge in [0, 0.05) is 24.7 Å². The van der Waals surface area contributed by atoms with E-state index >= 15 is 0 Å². The van der Waals surface area contributed by atoms with Gasteiger partial charge >= 0.3 is 0 Å². The van der Waals surface area contributed by atoms with E-state index in [0.29, 0.717) is 0 Å². The topological polar surface area (TPSA) is 28.2 Å². The molecule has 2 rings (SSSR count). The summed E-state index contributed by atoms with van der Waals surface area (Å²) in [5.74, 6) is 0. The van der Waals surface area contributed by atoms with E-state index in [4.69, 9.17) is 0 Å². The molecule has 0 bridgehead atoms. The quantitative estimate of drug-likeness (QED) is 0.903. The molecule has 1 aromatic heterocycles. The molecule has 19 heavy (non-hydrogen) atoms. The average molecular weight is 275 g/mol. The zero-order valence-electron chi connectivity index (χ0n) is 12.0. The first-order valence-corrected chi connectivity index (χ1v) is 7.46. The minimum Gasteiger partial charge on any atom is -0.321 e. The predicted molar refractivity (Wildman–Crippen MR) is 83.5 cm³/mol. The van der Waals surface area contributed by atoms with Crippen LogP contribution in [0.15, 0.2) is 23.6 Å². The molecule has 0 radical (unpaired) electrons. The van der Waals surface area contributed by atoms with E-state index in [9.17, 15) is 0 Å². The van der Waals surface area contributed by atoms with Gasteiger partial charge < -0.3 is 10.2 Å². The SMILES string of the molecule is CCNCc1csc(N(C)c2ccc(C)cc2C)n1. The maximum absolute atomic E-state index is 4.67. The Morgan fingerprint density at radius 2 is 2.11 bits per heavy atom. The molecule has 1 aromatic carbocycles. The summed E-state index contributed by atoms with van der Waals surface area (Å²) in [6.45, 7) is 8.18. The van der Waals surface area contributed by atoms with E-state index in [0.717, 1.165) is 23.9 Å². The second-order valence-electron chi connectivity index (χ2n) is 4.75. The molecule has 102 valence electrons. The van der Waals surface area contributed by atoms with Gasteiger partial charge in [-0.3, -0.25) is 0 Å². The van der Waals surface area contributed by atoms with Crippen LogP contribution in [0.4, 0.5) is 10.8 Å². The minimum atomic E-state index is 0.841. The number of aryl methyl sites for hydroxylation is 2. The van der Waals surface area contributed by atoms with E-state index < -0.39 is 0 Å². The van der Waals surface area contributed by atoms with Gasteiger partial charge in [0.05, 0.1) is 5.69 Å². The molecule has 0 aliphatic carbocycles. The Bertz CT molecular complexity index is 548. The van der Waals surface area contributed by atoms with Crippen LogP contribution in [0.2, 0.25) is 0 Å². The Hall–Kier alpha value is -1.39.